The predicted octanol–water partition coefficient (Wildman–Crippen LogP) is 2.04. The first-order chi connectivity index (χ1) is 8.58. The van der Waals surface area contributed by atoms with Crippen molar-refractivity contribution in [2.24, 2.45) is 5.73 Å². The van der Waals surface area contributed by atoms with Gasteiger partial charge in [-0.1, -0.05) is 30.3 Å². The van der Waals surface area contributed by atoms with Crippen LogP contribution in [0.1, 0.15) is 11.8 Å². The Kier molecular flexibility index (Phi) is 4.16. The van der Waals surface area contributed by atoms with E-state index in [9.17, 15) is 9.18 Å². The highest BCUT2D eigenvalue weighted by molar-refractivity contribution is 6.61. The van der Waals surface area contributed by atoms with E-state index < -0.39 is 23.9 Å². The summed E-state index contributed by atoms with van der Waals surface area (Å²) in [5, 5.41) is 0. The van der Waals surface area contributed by atoms with Gasteiger partial charge >= 0.3 is 5.43 Å². The molecular weight excluding hydrogens is 259 g/mol. The van der Waals surface area contributed by atoms with Gasteiger partial charge in [0.1, 0.15) is 6.17 Å². The number of rotatable bonds is 3. The average molecular weight is 273 g/mol. The highest BCUT2D eigenvalue weighted by Crippen LogP contribution is 2.27. The Morgan fingerprint density at radius 1 is 1.44 bits per heavy atom. The lowest BCUT2D eigenvalue weighted by Crippen LogP contribution is -2.32. The molecule has 0 radical (unpaired) electrons. The van der Waals surface area contributed by atoms with E-state index in [2.05, 4.69) is 0 Å². The third-order valence-electron chi connectivity index (χ3n) is 2.94. The number of carbonyl (C=O) groups excluding carboxylic acids is 1. The molecule has 1 aromatic carbocycles. The van der Waals surface area contributed by atoms with Crippen molar-refractivity contribution < 1.29 is 13.9 Å². The van der Waals surface area contributed by atoms with Gasteiger partial charge in [0.2, 0.25) is 0 Å². The van der Waals surface area contributed by atoms with E-state index in [1.165, 1.54) is 0 Å². The number of hydrogen-bond acceptors (Lipinski definition) is 4. The molecule has 1 heterocycles. The smallest absolute Gasteiger partial charge is 0.405 e. The SMILES string of the molecule is NC1CN(C(OC(=O)Cl)c2ccccc2)CC1F. The number of halogens is 2. The van der Waals surface area contributed by atoms with Crippen LogP contribution in [0.25, 0.3) is 0 Å². The Bertz CT molecular complexity index is 408. The molecule has 2 rings (SSSR count). The summed E-state index contributed by atoms with van der Waals surface area (Å²) >= 11 is 5.26. The minimum absolute atomic E-state index is 0.130. The fraction of sp³-hybridized carbons (Fsp3) is 0.417. The number of carbonyl (C=O) groups is 1. The second kappa shape index (κ2) is 5.65. The van der Waals surface area contributed by atoms with Crippen LogP contribution in [0, 0.1) is 0 Å². The molecule has 2 N–H and O–H groups in total. The Balaban J connectivity index is 2.18. The van der Waals surface area contributed by atoms with Gasteiger partial charge in [0, 0.05) is 36.3 Å². The number of nitrogens with two attached hydrogens (primary N) is 1. The molecule has 1 saturated heterocycles. The topological polar surface area (TPSA) is 55.6 Å². The zero-order valence-electron chi connectivity index (χ0n) is 9.63. The van der Waals surface area contributed by atoms with Crippen molar-refractivity contribution in [2.75, 3.05) is 13.1 Å². The van der Waals surface area contributed by atoms with Crippen LogP contribution in [0.15, 0.2) is 30.3 Å². The molecule has 1 aromatic rings. The fourth-order valence-corrected chi connectivity index (χ4v) is 2.15. The molecule has 0 aromatic heterocycles. The van der Waals surface area contributed by atoms with E-state index in [1.54, 1.807) is 17.0 Å². The number of nitrogens with zero attached hydrogens (tertiary/aromatic N) is 1. The molecule has 0 bridgehead atoms. The molecule has 0 saturated carbocycles. The summed E-state index contributed by atoms with van der Waals surface area (Å²) in [5.41, 5.74) is 5.45. The summed E-state index contributed by atoms with van der Waals surface area (Å²) in [6, 6.07) is 8.49. The third kappa shape index (κ3) is 2.98. The van der Waals surface area contributed by atoms with E-state index in [4.69, 9.17) is 22.1 Å². The summed E-state index contributed by atoms with van der Waals surface area (Å²) in [5.74, 6) is 0. The van der Waals surface area contributed by atoms with Crippen LogP contribution in [-0.4, -0.2) is 35.6 Å². The Morgan fingerprint density at radius 2 is 2.11 bits per heavy atom. The number of alkyl halides is 1. The van der Waals surface area contributed by atoms with Crippen LogP contribution in [0.2, 0.25) is 0 Å². The zero-order chi connectivity index (χ0) is 13.1. The zero-order valence-corrected chi connectivity index (χ0v) is 10.4. The van der Waals surface area contributed by atoms with Crippen LogP contribution in [0.5, 0.6) is 0 Å². The van der Waals surface area contributed by atoms with Gasteiger partial charge in [-0.3, -0.25) is 4.90 Å². The van der Waals surface area contributed by atoms with Gasteiger partial charge in [-0.2, -0.15) is 0 Å². The third-order valence-corrected chi connectivity index (χ3v) is 3.03. The van der Waals surface area contributed by atoms with Crippen molar-refractivity contribution in [3.8, 4) is 0 Å². The monoisotopic (exact) mass is 272 g/mol. The number of likely N-dealkylation sites (tertiary alicyclic amines) is 1. The molecule has 98 valence electrons. The standard InChI is InChI=1S/C12H14ClFN2O2/c13-12(17)18-11(8-4-2-1-3-5-8)16-6-9(14)10(15)7-16/h1-5,9-11H,6-7,15H2. The van der Waals surface area contributed by atoms with Gasteiger partial charge in [0.25, 0.3) is 0 Å². The van der Waals surface area contributed by atoms with E-state index in [0.29, 0.717) is 6.54 Å². The number of hydrogen-bond donors (Lipinski definition) is 1. The number of ether oxygens (including phenoxy) is 1. The first-order valence-corrected chi connectivity index (χ1v) is 6.00. The minimum Gasteiger partial charge on any atom is -0.430 e. The molecule has 3 unspecified atom stereocenters. The molecule has 0 amide bonds. The van der Waals surface area contributed by atoms with Crippen molar-refractivity contribution in [3.63, 3.8) is 0 Å². The van der Waals surface area contributed by atoms with Crippen molar-refractivity contribution in [3.05, 3.63) is 35.9 Å². The summed E-state index contributed by atoms with van der Waals surface area (Å²) in [6.45, 7) is 0.454. The summed E-state index contributed by atoms with van der Waals surface area (Å²) < 4.78 is 18.5. The van der Waals surface area contributed by atoms with Crippen molar-refractivity contribution >= 4 is 17.0 Å². The lowest BCUT2D eigenvalue weighted by Gasteiger charge is -2.26. The van der Waals surface area contributed by atoms with Gasteiger partial charge in [-0.25, -0.2) is 9.18 Å². The molecule has 6 heteroatoms. The lowest BCUT2D eigenvalue weighted by atomic mass is 10.2. The van der Waals surface area contributed by atoms with Gasteiger partial charge in [-0.15, -0.1) is 0 Å². The van der Waals surface area contributed by atoms with E-state index in [0.717, 1.165) is 5.56 Å². The molecule has 1 fully saturated rings. The highest BCUT2D eigenvalue weighted by Gasteiger charge is 2.36. The summed E-state index contributed by atoms with van der Waals surface area (Å²) in [4.78, 5) is 12.6. The molecule has 0 spiro atoms. The number of benzene rings is 1. The van der Waals surface area contributed by atoms with Crippen LogP contribution >= 0.6 is 11.6 Å². The van der Waals surface area contributed by atoms with Crippen LogP contribution < -0.4 is 5.73 Å². The van der Waals surface area contributed by atoms with Gasteiger partial charge in [-0.05, 0) is 0 Å². The summed E-state index contributed by atoms with van der Waals surface area (Å²) in [7, 11) is 0. The van der Waals surface area contributed by atoms with Crippen molar-refractivity contribution in [2.45, 2.75) is 18.4 Å². The quantitative estimate of drug-likeness (QED) is 0.856. The Morgan fingerprint density at radius 3 is 2.61 bits per heavy atom. The second-order valence-electron chi connectivity index (χ2n) is 4.25. The van der Waals surface area contributed by atoms with Crippen molar-refractivity contribution in [1.29, 1.82) is 0 Å². The first kappa shape index (κ1) is 13.3. The van der Waals surface area contributed by atoms with E-state index in [1.807, 2.05) is 18.2 Å². The second-order valence-corrected chi connectivity index (χ2v) is 4.56. The van der Waals surface area contributed by atoms with Crippen LogP contribution in [-0.2, 0) is 4.74 Å². The molecule has 18 heavy (non-hydrogen) atoms. The Labute approximate surface area is 109 Å². The van der Waals surface area contributed by atoms with E-state index >= 15 is 0 Å². The maximum atomic E-state index is 13.4. The van der Waals surface area contributed by atoms with Crippen molar-refractivity contribution in [1.82, 2.24) is 4.90 Å². The lowest BCUT2D eigenvalue weighted by molar-refractivity contribution is 0.00636. The van der Waals surface area contributed by atoms with Gasteiger partial charge < -0.3 is 10.5 Å². The van der Waals surface area contributed by atoms with Crippen LogP contribution in [0.3, 0.4) is 0 Å². The van der Waals surface area contributed by atoms with Crippen LogP contribution in [0.4, 0.5) is 9.18 Å². The molecule has 1 aliphatic rings. The largest absolute Gasteiger partial charge is 0.430 e. The molecule has 4 nitrogen and oxygen atoms in total. The molecule has 3 atom stereocenters. The first-order valence-electron chi connectivity index (χ1n) is 5.62. The van der Waals surface area contributed by atoms with E-state index in [-0.39, 0.29) is 6.54 Å². The maximum absolute atomic E-state index is 13.4. The molecule has 1 aliphatic heterocycles. The minimum atomic E-state index is -1.12. The highest BCUT2D eigenvalue weighted by atomic mass is 35.5. The van der Waals surface area contributed by atoms with Gasteiger partial charge in [0.05, 0.1) is 0 Å². The molecular formula is C12H14ClFN2O2. The normalized spacial score (nSPS) is 25.9. The van der Waals surface area contributed by atoms with Gasteiger partial charge in [0.15, 0.2) is 6.23 Å². The summed E-state index contributed by atoms with van der Waals surface area (Å²) in [6.07, 6.45) is -1.81. The predicted molar refractivity (Wildman–Crippen MR) is 66.0 cm³/mol. The Hall–Kier alpha value is -1.17. The maximum Gasteiger partial charge on any atom is 0.405 e. The fourth-order valence-electron chi connectivity index (χ4n) is 2.07. The average Bonchev–Trinajstić information content (AvgIpc) is 2.67. The molecule has 0 aliphatic carbocycles.